The molecule has 1 aliphatic carbocycles. The molecule has 0 saturated heterocycles. The molecule has 2 rings (SSSR count). The Kier molecular flexibility index (Phi) is 3.11. The molecule has 0 spiro atoms. The molecule has 2 nitrogen and oxygen atoms in total. The van der Waals surface area contributed by atoms with E-state index in [1.165, 1.54) is 6.07 Å². The second-order valence-corrected chi connectivity index (χ2v) is 4.99. The van der Waals surface area contributed by atoms with Crippen LogP contribution in [0, 0.1) is 11.2 Å². The number of hydrazine groups is 1. The summed E-state index contributed by atoms with van der Waals surface area (Å²) in [5.41, 5.74) is 1.66. The van der Waals surface area contributed by atoms with Gasteiger partial charge in [-0.25, -0.2) is 4.39 Å². The van der Waals surface area contributed by atoms with E-state index in [-0.39, 0.29) is 11.5 Å². The van der Waals surface area contributed by atoms with Crippen LogP contribution in [0.25, 0.3) is 0 Å². The van der Waals surface area contributed by atoms with E-state index in [4.69, 9.17) is 5.84 Å². The van der Waals surface area contributed by atoms with Crippen molar-refractivity contribution in [3.05, 3.63) is 35.1 Å². The van der Waals surface area contributed by atoms with Gasteiger partial charge in [0.05, 0.1) is 11.6 Å². The first kappa shape index (κ1) is 13.3. The average molecular weight is 262 g/mol. The molecule has 0 heterocycles. The van der Waals surface area contributed by atoms with Crippen molar-refractivity contribution in [3.63, 3.8) is 0 Å². The number of nitrogens with one attached hydrogen (secondary N) is 1. The fraction of sp³-hybridized carbons (Fsp3) is 0.500. The van der Waals surface area contributed by atoms with Crippen LogP contribution in [0.15, 0.2) is 18.2 Å². The van der Waals surface area contributed by atoms with Crippen molar-refractivity contribution < 1.29 is 17.6 Å². The highest BCUT2D eigenvalue weighted by Crippen LogP contribution is 2.54. The Hall–Kier alpha value is -1.14. The summed E-state index contributed by atoms with van der Waals surface area (Å²) in [5, 5.41) is 0. The van der Waals surface area contributed by atoms with E-state index in [1.807, 2.05) is 6.92 Å². The maximum absolute atomic E-state index is 13.5. The lowest BCUT2D eigenvalue weighted by Gasteiger charge is -2.23. The van der Waals surface area contributed by atoms with Gasteiger partial charge in [-0.05, 0) is 36.0 Å². The van der Waals surface area contributed by atoms with Crippen LogP contribution in [0.4, 0.5) is 17.6 Å². The van der Waals surface area contributed by atoms with Crippen molar-refractivity contribution in [1.82, 2.24) is 5.43 Å². The first-order chi connectivity index (χ1) is 8.28. The van der Waals surface area contributed by atoms with Gasteiger partial charge in [-0.1, -0.05) is 13.0 Å². The predicted molar refractivity (Wildman–Crippen MR) is 58.8 cm³/mol. The molecule has 0 bridgehead atoms. The summed E-state index contributed by atoms with van der Waals surface area (Å²) < 4.78 is 50.8. The number of nitrogens with two attached hydrogens (primary N) is 1. The third kappa shape index (κ3) is 2.35. The fourth-order valence-corrected chi connectivity index (χ4v) is 2.13. The molecule has 1 unspecified atom stereocenters. The molecule has 1 aromatic carbocycles. The van der Waals surface area contributed by atoms with Gasteiger partial charge < -0.3 is 0 Å². The zero-order valence-electron chi connectivity index (χ0n) is 9.81. The Bertz CT molecular complexity index is 452. The summed E-state index contributed by atoms with van der Waals surface area (Å²) in [7, 11) is 0. The number of rotatable bonds is 3. The standard InChI is InChI=1S/C12H14F4N2/c1-11(4-5-11)10(18-17)7-2-3-8(9(13)6-7)12(14,15)16/h2-3,6,10,18H,4-5,17H2,1H3. The normalized spacial score (nSPS) is 19.7. The lowest BCUT2D eigenvalue weighted by molar-refractivity contribution is -0.140. The molecule has 0 amide bonds. The number of benzene rings is 1. The van der Waals surface area contributed by atoms with Crippen LogP contribution in [-0.2, 0) is 6.18 Å². The molecular weight excluding hydrogens is 248 g/mol. The van der Waals surface area contributed by atoms with Crippen molar-refractivity contribution in [2.45, 2.75) is 32.0 Å². The molecule has 1 saturated carbocycles. The number of alkyl halides is 3. The Balaban J connectivity index is 2.34. The molecule has 1 aromatic rings. The van der Waals surface area contributed by atoms with Crippen LogP contribution in [-0.4, -0.2) is 0 Å². The highest BCUT2D eigenvalue weighted by molar-refractivity contribution is 5.30. The van der Waals surface area contributed by atoms with Crippen LogP contribution in [0.1, 0.15) is 36.9 Å². The summed E-state index contributed by atoms with van der Waals surface area (Å²) in [6, 6.07) is 2.63. The van der Waals surface area contributed by atoms with E-state index in [1.54, 1.807) is 0 Å². The minimum Gasteiger partial charge on any atom is -0.271 e. The summed E-state index contributed by atoms with van der Waals surface area (Å²) in [6.45, 7) is 1.97. The summed E-state index contributed by atoms with van der Waals surface area (Å²) in [4.78, 5) is 0. The molecule has 0 aliphatic heterocycles. The zero-order chi connectivity index (χ0) is 13.6. The van der Waals surface area contributed by atoms with E-state index < -0.39 is 17.6 Å². The second-order valence-electron chi connectivity index (χ2n) is 4.99. The SMILES string of the molecule is CC1(C(NN)c2ccc(C(F)(F)F)c(F)c2)CC1. The fourth-order valence-electron chi connectivity index (χ4n) is 2.13. The van der Waals surface area contributed by atoms with Gasteiger partial charge in [0.2, 0.25) is 0 Å². The van der Waals surface area contributed by atoms with Gasteiger partial charge in [0.15, 0.2) is 0 Å². The lowest BCUT2D eigenvalue weighted by Crippen LogP contribution is -2.33. The smallest absolute Gasteiger partial charge is 0.271 e. The summed E-state index contributed by atoms with van der Waals surface area (Å²) in [5.74, 6) is 4.15. The van der Waals surface area contributed by atoms with Crippen molar-refractivity contribution in [3.8, 4) is 0 Å². The minimum absolute atomic E-state index is 0.0963. The number of halogens is 4. The van der Waals surface area contributed by atoms with Crippen LogP contribution in [0.3, 0.4) is 0 Å². The Labute approximate surface area is 102 Å². The maximum atomic E-state index is 13.5. The largest absolute Gasteiger partial charge is 0.419 e. The molecule has 1 fully saturated rings. The lowest BCUT2D eigenvalue weighted by atomic mass is 9.91. The van der Waals surface area contributed by atoms with Crippen molar-refractivity contribution >= 4 is 0 Å². The highest BCUT2D eigenvalue weighted by Gasteiger charge is 2.45. The topological polar surface area (TPSA) is 38.0 Å². The molecule has 100 valence electrons. The minimum atomic E-state index is -4.67. The quantitative estimate of drug-likeness (QED) is 0.499. The molecule has 0 radical (unpaired) electrons. The van der Waals surface area contributed by atoms with Crippen LogP contribution >= 0.6 is 0 Å². The highest BCUT2D eigenvalue weighted by atomic mass is 19.4. The van der Waals surface area contributed by atoms with Crippen molar-refractivity contribution in [2.24, 2.45) is 11.3 Å². The second kappa shape index (κ2) is 4.20. The van der Waals surface area contributed by atoms with E-state index in [2.05, 4.69) is 5.43 Å². The Morgan fingerprint density at radius 3 is 2.33 bits per heavy atom. The molecule has 1 aliphatic rings. The third-order valence-corrected chi connectivity index (χ3v) is 3.53. The van der Waals surface area contributed by atoms with Gasteiger partial charge >= 0.3 is 6.18 Å². The van der Waals surface area contributed by atoms with Gasteiger partial charge in [-0.2, -0.15) is 13.2 Å². The molecule has 6 heteroatoms. The van der Waals surface area contributed by atoms with E-state index in [0.29, 0.717) is 5.56 Å². The van der Waals surface area contributed by atoms with Gasteiger partial charge in [0.1, 0.15) is 5.82 Å². The third-order valence-electron chi connectivity index (χ3n) is 3.53. The Morgan fingerprint density at radius 1 is 1.33 bits per heavy atom. The average Bonchev–Trinajstić information content (AvgIpc) is 2.96. The van der Waals surface area contributed by atoms with Gasteiger partial charge in [0, 0.05) is 0 Å². The van der Waals surface area contributed by atoms with Gasteiger partial charge in [-0.15, -0.1) is 0 Å². The molecule has 3 N–H and O–H groups in total. The van der Waals surface area contributed by atoms with Crippen LogP contribution in [0.2, 0.25) is 0 Å². The molecule has 18 heavy (non-hydrogen) atoms. The number of hydrogen-bond donors (Lipinski definition) is 2. The van der Waals surface area contributed by atoms with E-state index in [9.17, 15) is 17.6 Å². The molecule has 0 aromatic heterocycles. The van der Waals surface area contributed by atoms with Crippen molar-refractivity contribution in [2.75, 3.05) is 0 Å². The first-order valence-corrected chi connectivity index (χ1v) is 5.61. The molecular formula is C12H14F4N2. The van der Waals surface area contributed by atoms with Gasteiger partial charge in [-0.3, -0.25) is 11.3 Å². The zero-order valence-corrected chi connectivity index (χ0v) is 9.81. The summed E-state index contributed by atoms with van der Waals surface area (Å²) >= 11 is 0. The Morgan fingerprint density at radius 2 is 1.94 bits per heavy atom. The summed E-state index contributed by atoms with van der Waals surface area (Å²) in [6.07, 6.45) is -2.83. The van der Waals surface area contributed by atoms with Gasteiger partial charge in [0.25, 0.3) is 0 Å². The van der Waals surface area contributed by atoms with E-state index >= 15 is 0 Å². The first-order valence-electron chi connectivity index (χ1n) is 5.61. The number of hydrogen-bond acceptors (Lipinski definition) is 2. The van der Waals surface area contributed by atoms with Crippen LogP contribution in [0.5, 0.6) is 0 Å². The van der Waals surface area contributed by atoms with E-state index in [0.717, 1.165) is 25.0 Å². The molecule has 1 atom stereocenters. The predicted octanol–water partition coefficient (Wildman–Crippen LogP) is 3.15. The maximum Gasteiger partial charge on any atom is 0.419 e. The van der Waals surface area contributed by atoms with Crippen LogP contribution < -0.4 is 11.3 Å². The monoisotopic (exact) mass is 262 g/mol. The van der Waals surface area contributed by atoms with Crippen molar-refractivity contribution in [1.29, 1.82) is 0 Å².